The summed E-state index contributed by atoms with van der Waals surface area (Å²) in [6, 6.07) is 8.64. The summed E-state index contributed by atoms with van der Waals surface area (Å²) in [7, 11) is 0. The normalized spacial score (nSPS) is 11.5. The molecule has 0 radical (unpaired) electrons. The van der Waals surface area contributed by atoms with E-state index in [2.05, 4.69) is 10.6 Å². The van der Waals surface area contributed by atoms with Crippen molar-refractivity contribution in [2.75, 3.05) is 26.5 Å². The standard InChI is InChI=1S/C18H27N3O5/c1-2-3-9-26-17(23)12-25-13-21-16(22)11-20-18(24)15(19)10-14-7-5-4-6-8-14/h4-8,15H,2-3,9-13,19H2,1H3,(H,20,24)(H,21,22)/t15-/m0/s1. The third-order valence-corrected chi connectivity index (χ3v) is 3.41. The highest BCUT2D eigenvalue weighted by molar-refractivity contribution is 5.87. The Bertz CT molecular complexity index is 565. The van der Waals surface area contributed by atoms with Gasteiger partial charge in [-0.1, -0.05) is 43.7 Å². The van der Waals surface area contributed by atoms with Gasteiger partial charge in [0.1, 0.15) is 13.3 Å². The number of esters is 1. The number of ether oxygens (including phenoxy) is 2. The van der Waals surface area contributed by atoms with Crippen molar-refractivity contribution < 1.29 is 23.9 Å². The molecule has 0 unspecified atom stereocenters. The summed E-state index contributed by atoms with van der Waals surface area (Å²) < 4.78 is 9.88. The molecule has 144 valence electrons. The molecule has 1 rings (SSSR count). The van der Waals surface area contributed by atoms with Crippen molar-refractivity contribution in [2.24, 2.45) is 5.73 Å². The lowest BCUT2D eigenvalue weighted by atomic mass is 10.1. The molecule has 0 spiro atoms. The first-order chi connectivity index (χ1) is 12.5. The maximum absolute atomic E-state index is 11.9. The van der Waals surface area contributed by atoms with Gasteiger partial charge < -0.3 is 25.8 Å². The molecule has 0 aliphatic carbocycles. The zero-order chi connectivity index (χ0) is 19.2. The van der Waals surface area contributed by atoms with Crippen LogP contribution in [0.15, 0.2) is 30.3 Å². The highest BCUT2D eigenvalue weighted by Gasteiger charge is 2.14. The van der Waals surface area contributed by atoms with Crippen LogP contribution in [0.4, 0.5) is 0 Å². The Morgan fingerprint density at radius 2 is 1.88 bits per heavy atom. The predicted octanol–water partition coefficient (Wildman–Crippen LogP) is 0.106. The van der Waals surface area contributed by atoms with Crippen molar-refractivity contribution in [1.29, 1.82) is 0 Å². The van der Waals surface area contributed by atoms with E-state index in [4.69, 9.17) is 15.2 Å². The molecule has 26 heavy (non-hydrogen) atoms. The maximum atomic E-state index is 11.9. The number of benzene rings is 1. The van der Waals surface area contributed by atoms with Crippen molar-refractivity contribution >= 4 is 17.8 Å². The number of carbonyl (C=O) groups is 3. The second-order valence-electron chi connectivity index (χ2n) is 5.68. The molecule has 0 bridgehead atoms. The Kier molecular flexibility index (Phi) is 10.7. The van der Waals surface area contributed by atoms with E-state index < -0.39 is 23.8 Å². The minimum absolute atomic E-state index is 0.145. The largest absolute Gasteiger partial charge is 0.464 e. The van der Waals surface area contributed by atoms with E-state index in [9.17, 15) is 14.4 Å². The van der Waals surface area contributed by atoms with Gasteiger partial charge in [-0.2, -0.15) is 0 Å². The van der Waals surface area contributed by atoms with E-state index in [1.54, 1.807) is 0 Å². The lowest BCUT2D eigenvalue weighted by Gasteiger charge is -2.12. The summed E-state index contributed by atoms with van der Waals surface area (Å²) in [5, 5.41) is 4.89. The molecule has 1 aromatic carbocycles. The molecule has 0 saturated heterocycles. The van der Waals surface area contributed by atoms with Gasteiger partial charge >= 0.3 is 5.97 Å². The Morgan fingerprint density at radius 3 is 2.58 bits per heavy atom. The molecule has 0 heterocycles. The van der Waals surface area contributed by atoms with Gasteiger partial charge in [-0.15, -0.1) is 0 Å². The van der Waals surface area contributed by atoms with Gasteiger partial charge in [0, 0.05) is 0 Å². The van der Waals surface area contributed by atoms with E-state index in [1.165, 1.54) is 0 Å². The summed E-state index contributed by atoms with van der Waals surface area (Å²) in [5.74, 6) is -1.33. The molecule has 0 aromatic heterocycles. The van der Waals surface area contributed by atoms with Crippen molar-refractivity contribution in [2.45, 2.75) is 32.2 Å². The van der Waals surface area contributed by atoms with Gasteiger partial charge in [0.15, 0.2) is 0 Å². The highest BCUT2D eigenvalue weighted by Crippen LogP contribution is 2.01. The average molecular weight is 365 g/mol. The van der Waals surface area contributed by atoms with Crippen LogP contribution in [0.25, 0.3) is 0 Å². The Labute approximate surface area is 153 Å². The van der Waals surface area contributed by atoms with E-state index in [1.807, 2.05) is 37.3 Å². The third kappa shape index (κ3) is 9.75. The minimum atomic E-state index is -0.737. The maximum Gasteiger partial charge on any atom is 0.332 e. The van der Waals surface area contributed by atoms with Crippen LogP contribution in [0.2, 0.25) is 0 Å². The lowest BCUT2D eigenvalue weighted by Crippen LogP contribution is -2.46. The van der Waals surface area contributed by atoms with E-state index in [-0.39, 0.29) is 19.9 Å². The van der Waals surface area contributed by atoms with Gasteiger partial charge in [-0.3, -0.25) is 9.59 Å². The van der Waals surface area contributed by atoms with Crippen molar-refractivity contribution in [1.82, 2.24) is 10.6 Å². The van der Waals surface area contributed by atoms with Crippen molar-refractivity contribution in [3.05, 3.63) is 35.9 Å². The van der Waals surface area contributed by atoms with Crippen LogP contribution in [0.5, 0.6) is 0 Å². The molecule has 8 heteroatoms. The molecule has 4 N–H and O–H groups in total. The van der Waals surface area contributed by atoms with Crippen LogP contribution in [0.1, 0.15) is 25.3 Å². The van der Waals surface area contributed by atoms with Crippen LogP contribution in [0, 0.1) is 0 Å². The third-order valence-electron chi connectivity index (χ3n) is 3.41. The molecular weight excluding hydrogens is 338 g/mol. The second-order valence-corrected chi connectivity index (χ2v) is 5.68. The minimum Gasteiger partial charge on any atom is -0.464 e. The number of nitrogens with one attached hydrogen (secondary N) is 2. The van der Waals surface area contributed by atoms with Crippen LogP contribution in [-0.2, 0) is 30.3 Å². The Balaban J connectivity index is 2.11. The molecule has 8 nitrogen and oxygen atoms in total. The molecular formula is C18H27N3O5. The predicted molar refractivity (Wildman–Crippen MR) is 96.0 cm³/mol. The van der Waals surface area contributed by atoms with Gasteiger partial charge in [0.05, 0.1) is 19.2 Å². The first-order valence-electron chi connectivity index (χ1n) is 8.60. The van der Waals surface area contributed by atoms with Gasteiger partial charge in [0.25, 0.3) is 0 Å². The number of rotatable bonds is 12. The highest BCUT2D eigenvalue weighted by atomic mass is 16.6. The summed E-state index contributed by atoms with van der Waals surface area (Å²) >= 11 is 0. The topological polar surface area (TPSA) is 120 Å². The smallest absolute Gasteiger partial charge is 0.332 e. The number of hydrogen-bond acceptors (Lipinski definition) is 6. The first-order valence-corrected chi connectivity index (χ1v) is 8.60. The number of amides is 2. The quantitative estimate of drug-likeness (QED) is 0.275. The molecule has 0 aliphatic rings. The van der Waals surface area contributed by atoms with Gasteiger partial charge in [0.2, 0.25) is 11.8 Å². The Hall–Kier alpha value is -2.45. The number of unbranched alkanes of at least 4 members (excludes halogenated alkanes) is 1. The van der Waals surface area contributed by atoms with Crippen LogP contribution >= 0.6 is 0 Å². The van der Waals surface area contributed by atoms with E-state index >= 15 is 0 Å². The number of nitrogens with two attached hydrogens (primary N) is 1. The van der Waals surface area contributed by atoms with Crippen molar-refractivity contribution in [3.63, 3.8) is 0 Å². The SMILES string of the molecule is CCCCOC(=O)COCNC(=O)CNC(=O)[C@@H](N)Cc1ccccc1. The summed E-state index contributed by atoms with van der Waals surface area (Å²) in [5.41, 5.74) is 6.76. The molecule has 0 saturated carbocycles. The lowest BCUT2D eigenvalue weighted by molar-refractivity contribution is -0.150. The summed E-state index contributed by atoms with van der Waals surface area (Å²) in [4.78, 5) is 34.8. The van der Waals surface area contributed by atoms with E-state index in [0.29, 0.717) is 13.0 Å². The molecule has 2 amide bonds. The summed E-state index contributed by atoms with van der Waals surface area (Å²) in [6.45, 7) is 1.76. The van der Waals surface area contributed by atoms with Gasteiger partial charge in [-0.05, 0) is 18.4 Å². The van der Waals surface area contributed by atoms with Crippen molar-refractivity contribution in [3.8, 4) is 0 Å². The number of hydrogen-bond donors (Lipinski definition) is 3. The van der Waals surface area contributed by atoms with Crippen LogP contribution in [-0.4, -0.2) is 50.3 Å². The fraction of sp³-hybridized carbons (Fsp3) is 0.500. The average Bonchev–Trinajstić information content (AvgIpc) is 2.64. The monoisotopic (exact) mass is 365 g/mol. The van der Waals surface area contributed by atoms with Crippen LogP contribution in [0.3, 0.4) is 0 Å². The zero-order valence-electron chi connectivity index (χ0n) is 15.0. The van der Waals surface area contributed by atoms with Crippen LogP contribution < -0.4 is 16.4 Å². The van der Waals surface area contributed by atoms with Gasteiger partial charge in [-0.25, -0.2) is 4.79 Å². The molecule has 0 fully saturated rings. The van der Waals surface area contributed by atoms with E-state index in [0.717, 1.165) is 18.4 Å². The summed E-state index contributed by atoms with van der Waals surface area (Å²) in [6.07, 6.45) is 2.12. The molecule has 1 aromatic rings. The fourth-order valence-corrected chi connectivity index (χ4v) is 1.96. The zero-order valence-corrected chi connectivity index (χ0v) is 15.0. The molecule has 1 atom stereocenters. The molecule has 0 aliphatic heterocycles. The number of carbonyl (C=O) groups excluding carboxylic acids is 3. The Morgan fingerprint density at radius 1 is 1.15 bits per heavy atom. The second kappa shape index (κ2) is 12.8. The fourth-order valence-electron chi connectivity index (χ4n) is 1.96. The first kappa shape index (κ1) is 21.6.